The van der Waals surface area contributed by atoms with Crippen LogP contribution < -0.4 is 0 Å². The van der Waals surface area contributed by atoms with Crippen molar-refractivity contribution in [3.63, 3.8) is 0 Å². The Morgan fingerprint density at radius 3 is 2.00 bits per heavy atom. The van der Waals surface area contributed by atoms with Gasteiger partial charge < -0.3 is 20.1 Å². The molecule has 0 fully saturated rings. The molecule has 0 aromatic rings. The van der Waals surface area contributed by atoms with Crippen molar-refractivity contribution >= 4 is 34.3 Å². The molecule has 5 atom stereocenters. The Morgan fingerprint density at radius 2 is 1.55 bits per heavy atom. The van der Waals surface area contributed by atoms with Crippen molar-refractivity contribution in [3.05, 3.63) is 21.3 Å². The molecule has 228 valence electrons. The molecule has 1 aliphatic heterocycles. The standard InChI is InChI=1S/C23H37IO6.4C2H6/c1-14-7-6-8-17(13-25)9-10-18(15(2)12-24)30-20(27)11-19(26)23(4,5)22(29)16(3)21(14)28;4*1-2/h9,12,14,16,18-19,21,25-26,28H,6-8,10-11,13H2,1-5H3;4*1-2H3/b15-12+,17-9+;;;;/t14?,16?,18-,19?,21-;;;;/m0..../s1. The van der Waals surface area contributed by atoms with Gasteiger partial charge in [0, 0.05) is 12.3 Å². The van der Waals surface area contributed by atoms with Crippen LogP contribution in [0.3, 0.4) is 0 Å². The summed E-state index contributed by atoms with van der Waals surface area (Å²) >= 11 is 2.09. The van der Waals surface area contributed by atoms with Crippen LogP contribution in [-0.2, 0) is 14.3 Å². The summed E-state index contributed by atoms with van der Waals surface area (Å²) in [7, 11) is 0. The van der Waals surface area contributed by atoms with Gasteiger partial charge in [-0.2, -0.15) is 0 Å². The number of ketones is 1. The molecule has 0 saturated carbocycles. The summed E-state index contributed by atoms with van der Waals surface area (Å²) in [6.07, 6.45) is 1.63. The fourth-order valence-corrected chi connectivity index (χ4v) is 4.16. The number of carbonyl (C=O) groups excluding carboxylic acids is 2. The molecule has 0 aromatic carbocycles. The number of hydrogen-bond donors (Lipinski definition) is 3. The summed E-state index contributed by atoms with van der Waals surface area (Å²) in [5.41, 5.74) is 0.536. The highest BCUT2D eigenvalue weighted by atomic mass is 127. The Labute approximate surface area is 248 Å². The minimum absolute atomic E-state index is 0.0770. The van der Waals surface area contributed by atoms with Crippen LogP contribution in [0, 0.1) is 17.3 Å². The summed E-state index contributed by atoms with van der Waals surface area (Å²) in [5.74, 6) is -1.63. The van der Waals surface area contributed by atoms with Gasteiger partial charge in [-0.3, -0.25) is 9.59 Å². The number of rotatable bonds is 2. The number of cyclic esters (lactones) is 1. The number of Topliss-reactive ketones (excluding diaryl/α,β-unsaturated/α-hetero) is 1. The number of aliphatic hydroxyl groups is 3. The van der Waals surface area contributed by atoms with E-state index in [1.54, 1.807) is 20.8 Å². The summed E-state index contributed by atoms with van der Waals surface area (Å²) < 4.78 is 7.44. The van der Waals surface area contributed by atoms with Crippen LogP contribution in [0.15, 0.2) is 21.3 Å². The first kappa shape index (κ1) is 44.3. The van der Waals surface area contributed by atoms with Gasteiger partial charge in [-0.05, 0) is 47.3 Å². The van der Waals surface area contributed by atoms with Gasteiger partial charge in [0.15, 0.2) is 0 Å². The quantitative estimate of drug-likeness (QED) is 0.159. The van der Waals surface area contributed by atoms with Gasteiger partial charge >= 0.3 is 5.97 Å². The molecule has 0 radical (unpaired) electrons. The van der Waals surface area contributed by atoms with Crippen LogP contribution in [-0.4, -0.2) is 52.0 Å². The molecule has 0 saturated heterocycles. The Kier molecular flexibility index (Phi) is 30.8. The second kappa shape index (κ2) is 26.5. The number of ether oxygens (including phenoxy) is 1. The first-order valence-corrected chi connectivity index (χ1v) is 15.9. The first-order valence-electron chi connectivity index (χ1n) is 14.6. The topological polar surface area (TPSA) is 104 Å². The maximum absolute atomic E-state index is 13.0. The van der Waals surface area contributed by atoms with Crippen molar-refractivity contribution in [2.24, 2.45) is 17.3 Å². The second-order valence-corrected chi connectivity index (χ2v) is 9.67. The highest BCUT2D eigenvalue weighted by molar-refractivity contribution is 14.1. The van der Waals surface area contributed by atoms with Crippen LogP contribution in [0.5, 0.6) is 0 Å². The van der Waals surface area contributed by atoms with E-state index >= 15 is 0 Å². The predicted molar refractivity (Wildman–Crippen MR) is 170 cm³/mol. The van der Waals surface area contributed by atoms with Crippen molar-refractivity contribution in [1.82, 2.24) is 0 Å². The van der Waals surface area contributed by atoms with E-state index in [4.69, 9.17) is 4.74 Å². The van der Waals surface area contributed by atoms with E-state index in [1.165, 1.54) is 0 Å². The Hall–Kier alpha value is -0.770. The van der Waals surface area contributed by atoms with E-state index in [2.05, 4.69) is 22.6 Å². The molecular weight excluding hydrogens is 595 g/mol. The second-order valence-electron chi connectivity index (χ2n) is 9.04. The van der Waals surface area contributed by atoms with Crippen molar-refractivity contribution in [2.75, 3.05) is 6.61 Å². The minimum Gasteiger partial charge on any atom is -0.457 e. The minimum atomic E-state index is -1.22. The molecule has 0 spiro atoms. The van der Waals surface area contributed by atoms with Gasteiger partial charge in [0.05, 0.1) is 30.7 Å². The Morgan fingerprint density at radius 1 is 1.05 bits per heavy atom. The van der Waals surface area contributed by atoms with E-state index in [9.17, 15) is 24.9 Å². The van der Waals surface area contributed by atoms with E-state index < -0.39 is 35.6 Å². The van der Waals surface area contributed by atoms with Gasteiger partial charge in [0.2, 0.25) is 0 Å². The summed E-state index contributed by atoms with van der Waals surface area (Å²) in [6, 6.07) is 0. The molecule has 3 N–H and O–H groups in total. The average Bonchev–Trinajstić information content (AvgIpc) is 2.95. The molecule has 0 bridgehead atoms. The van der Waals surface area contributed by atoms with Gasteiger partial charge in [0.1, 0.15) is 11.9 Å². The number of halogens is 1. The van der Waals surface area contributed by atoms with Gasteiger partial charge in [-0.25, -0.2) is 0 Å². The zero-order valence-electron chi connectivity index (χ0n) is 26.7. The Balaban J connectivity index is -0.000000656. The van der Waals surface area contributed by atoms with Crippen molar-refractivity contribution in [3.8, 4) is 0 Å². The third kappa shape index (κ3) is 16.4. The molecule has 0 aliphatic carbocycles. The predicted octanol–water partition coefficient (Wildman–Crippen LogP) is 7.81. The molecule has 3 unspecified atom stereocenters. The third-order valence-corrected chi connectivity index (χ3v) is 7.25. The lowest BCUT2D eigenvalue weighted by Gasteiger charge is -2.34. The average molecular weight is 657 g/mol. The highest BCUT2D eigenvalue weighted by Crippen LogP contribution is 2.32. The number of hydrogen-bond acceptors (Lipinski definition) is 6. The zero-order valence-corrected chi connectivity index (χ0v) is 28.9. The van der Waals surface area contributed by atoms with E-state index in [-0.39, 0.29) is 24.7 Å². The van der Waals surface area contributed by atoms with E-state index in [1.807, 2.05) is 79.4 Å². The summed E-state index contributed by atoms with van der Waals surface area (Å²) in [6.45, 7) is 24.6. The maximum atomic E-state index is 13.0. The van der Waals surface area contributed by atoms with Crippen LogP contribution in [0.4, 0.5) is 0 Å². The van der Waals surface area contributed by atoms with Crippen LogP contribution >= 0.6 is 22.6 Å². The lowest BCUT2D eigenvalue weighted by atomic mass is 9.73. The summed E-state index contributed by atoms with van der Waals surface area (Å²) in [4.78, 5) is 25.5. The molecule has 1 heterocycles. The Bertz CT molecular complexity index is 657. The smallest absolute Gasteiger partial charge is 0.309 e. The van der Waals surface area contributed by atoms with E-state index in [0.29, 0.717) is 19.3 Å². The fourth-order valence-electron chi connectivity index (χ4n) is 3.76. The number of aliphatic hydroxyl groups excluding tert-OH is 3. The molecule has 7 heteroatoms. The van der Waals surface area contributed by atoms with Gasteiger partial charge in [0.25, 0.3) is 0 Å². The SMILES string of the molecule is C/C(=C\I)[C@@H]1C/C=C(/CO)CCCC(C)[C@H](O)C(C)C(=O)C(C)(C)C(O)CC(=O)O1.CC.CC.CC.CC. The molecule has 1 aliphatic rings. The molecule has 0 aromatic heterocycles. The zero-order chi connectivity index (χ0) is 31.1. The van der Waals surface area contributed by atoms with Crippen molar-refractivity contribution in [2.45, 2.75) is 140 Å². The van der Waals surface area contributed by atoms with Crippen LogP contribution in [0.1, 0.15) is 122 Å². The lowest BCUT2D eigenvalue weighted by molar-refractivity contribution is -0.154. The summed E-state index contributed by atoms with van der Waals surface area (Å²) in [5, 5.41) is 31.0. The monoisotopic (exact) mass is 656 g/mol. The number of esters is 1. The molecule has 6 nitrogen and oxygen atoms in total. The van der Waals surface area contributed by atoms with Gasteiger partial charge in [-0.15, -0.1) is 0 Å². The molecular formula is C31H61IO6. The van der Waals surface area contributed by atoms with Gasteiger partial charge in [-0.1, -0.05) is 112 Å². The normalized spacial score (nSPS) is 28.1. The van der Waals surface area contributed by atoms with Crippen LogP contribution in [0.2, 0.25) is 0 Å². The maximum Gasteiger partial charge on any atom is 0.309 e. The first-order chi connectivity index (χ1) is 17.9. The largest absolute Gasteiger partial charge is 0.457 e. The van der Waals surface area contributed by atoms with E-state index in [0.717, 1.165) is 17.6 Å². The highest BCUT2D eigenvalue weighted by Gasteiger charge is 2.42. The van der Waals surface area contributed by atoms with Crippen molar-refractivity contribution < 1.29 is 29.6 Å². The van der Waals surface area contributed by atoms with Crippen molar-refractivity contribution in [1.29, 1.82) is 0 Å². The fraction of sp³-hybridized carbons (Fsp3) is 0.806. The molecule has 0 amide bonds. The third-order valence-electron chi connectivity index (χ3n) is 6.27. The molecule has 1 rings (SSSR count). The lowest BCUT2D eigenvalue weighted by Crippen LogP contribution is -2.45. The number of carbonyl (C=O) groups is 2. The molecule has 38 heavy (non-hydrogen) atoms. The van der Waals surface area contributed by atoms with Crippen LogP contribution in [0.25, 0.3) is 0 Å².